The van der Waals surface area contributed by atoms with Crippen molar-refractivity contribution in [3.05, 3.63) is 42.5 Å². The van der Waals surface area contributed by atoms with E-state index in [9.17, 15) is 4.57 Å². The van der Waals surface area contributed by atoms with Crippen LogP contribution >= 0.6 is 42.9 Å². The molecule has 1 aromatic carbocycles. The summed E-state index contributed by atoms with van der Waals surface area (Å²) in [6.07, 6.45) is 5.23. The van der Waals surface area contributed by atoms with Crippen LogP contribution in [-0.4, -0.2) is 40.1 Å². The second-order valence-corrected chi connectivity index (χ2v) is 13.5. The SMILES string of the molecule is CO[C@@H]1C=C[C@H](Sc2ccccc2)S[C@]1(SC)P(=O)(OC(C)C)OC(C)C. The summed E-state index contributed by atoms with van der Waals surface area (Å²) < 4.78 is 31.0. The molecule has 0 bridgehead atoms. The Labute approximate surface area is 176 Å². The molecule has 1 aliphatic heterocycles. The second-order valence-electron chi connectivity index (χ2n) is 6.60. The summed E-state index contributed by atoms with van der Waals surface area (Å²) in [5.41, 5.74) is 0. The van der Waals surface area contributed by atoms with Gasteiger partial charge in [-0.2, -0.15) is 0 Å². The highest BCUT2D eigenvalue weighted by molar-refractivity contribution is 8.30. The Kier molecular flexibility index (Phi) is 8.87. The Bertz CT molecular complexity index is 654. The van der Waals surface area contributed by atoms with E-state index in [0.717, 1.165) is 4.90 Å². The summed E-state index contributed by atoms with van der Waals surface area (Å²) in [6, 6.07) is 10.2. The van der Waals surface area contributed by atoms with Gasteiger partial charge in [-0.05, 0) is 46.1 Å². The van der Waals surface area contributed by atoms with Crippen molar-refractivity contribution in [2.24, 2.45) is 0 Å². The van der Waals surface area contributed by atoms with Gasteiger partial charge in [0.1, 0.15) is 6.10 Å². The van der Waals surface area contributed by atoms with Crippen LogP contribution in [-0.2, 0) is 18.3 Å². The molecule has 0 amide bonds. The second kappa shape index (κ2) is 10.2. The first-order valence-electron chi connectivity index (χ1n) is 8.89. The normalized spacial score (nSPS) is 26.1. The number of benzene rings is 1. The predicted molar refractivity (Wildman–Crippen MR) is 120 cm³/mol. The lowest BCUT2D eigenvalue weighted by Crippen LogP contribution is -2.41. The lowest BCUT2D eigenvalue weighted by atomic mass is 10.3. The maximum Gasteiger partial charge on any atom is 0.360 e. The highest BCUT2D eigenvalue weighted by atomic mass is 32.2. The largest absolute Gasteiger partial charge is 0.374 e. The smallest absolute Gasteiger partial charge is 0.360 e. The monoisotopic (exact) mass is 448 g/mol. The first-order valence-corrected chi connectivity index (χ1v) is 13.4. The molecular formula is C19H29O4PS3. The summed E-state index contributed by atoms with van der Waals surface area (Å²) >= 11 is 4.81. The molecule has 0 saturated carbocycles. The molecule has 0 saturated heterocycles. The Morgan fingerprint density at radius 3 is 2.15 bits per heavy atom. The van der Waals surface area contributed by atoms with E-state index in [0.29, 0.717) is 0 Å². The lowest BCUT2D eigenvalue weighted by molar-refractivity contribution is 0.106. The zero-order chi connectivity index (χ0) is 20.1. The van der Waals surface area contributed by atoms with E-state index in [1.165, 1.54) is 11.8 Å². The Morgan fingerprint density at radius 2 is 1.67 bits per heavy atom. The minimum atomic E-state index is -3.52. The van der Waals surface area contributed by atoms with Gasteiger partial charge in [0.05, 0.1) is 16.8 Å². The quantitative estimate of drug-likeness (QED) is 0.316. The van der Waals surface area contributed by atoms with Gasteiger partial charge < -0.3 is 13.8 Å². The maximum absolute atomic E-state index is 14.1. The molecule has 4 nitrogen and oxygen atoms in total. The van der Waals surface area contributed by atoms with Gasteiger partial charge in [0.2, 0.25) is 0 Å². The lowest BCUT2D eigenvalue weighted by Gasteiger charge is -2.45. The van der Waals surface area contributed by atoms with Crippen molar-refractivity contribution in [1.82, 2.24) is 0 Å². The van der Waals surface area contributed by atoms with Gasteiger partial charge in [-0.15, -0.1) is 35.3 Å². The standard InChI is InChI=1S/C19H29O4PS3/c1-14(2)22-24(20,23-15(3)4)19(25-6)17(21-5)12-13-18(27-19)26-16-10-8-7-9-11-16/h7-15,17-18H,1-6H3/t17-,18-,19+/m1/s1. The summed E-state index contributed by atoms with van der Waals surface area (Å²) in [4.78, 5) is 1.16. The number of rotatable bonds is 9. The molecular weight excluding hydrogens is 419 g/mol. The molecule has 0 radical (unpaired) electrons. The molecule has 27 heavy (non-hydrogen) atoms. The maximum atomic E-state index is 14.1. The molecule has 0 spiro atoms. The number of hydrogen-bond donors (Lipinski definition) is 0. The minimum Gasteiger partial charge on any atom is -0.374 e. The zero-order valence-corrected chi connectivity index (χ0v) is 20.0. The third-order valence-corrected chi connectivity index (χ3v) is 12.4. The van der Waals surface area contributed by atoms with E-state index in [1.54, 1.807) is 30.6 Å². The molecule has 8 heteroatoms. The molecule has 0 N–H and O–H groups in total. The number of hydrogen-bond acceptors (Lipinski definition) is 7. The van der Waals surface area contributed by atoms with Crippen LogP contribution in [0.15, 0.2) is 47.4 Å². The van der Waals surface area contributed by atoms with Crippen molar-refractivity contribution in [1.29, 1.82) is 0 Å². The molecule has 0 aromatic heterocycles. The van der Waals surface area contributed by atoms with Crippen molar-refractivity contribution in [2.75, 3.05) is 13.4 Å². The Balaban J connectivity index is 2.41. The van der Waals surface area contributed by atoms with Gasteiger partial charge in [-0.1, -0.05) is 30.4 Å². The number of thioether (sulfide) groups is 3. The molecule has 0 aliphatic carbocycles. The van der Waals surface area contributed by atoms with Crippen molar-refractivity contribution in [2.45, 2.75) is 59.3 Å². The van der Waals surface area contributed by atoms with Crippen molar-refractivity contribution < 1.29 is 18.3 Å². The summed E-state index contributed by atoms with van der Waals surface area (Å²) in [5, 5.41) is 0. The van der Waals surface area contributed by atoms with Crippen molar-refractivity contribution in [3.8, 4) is 0 Å². The third-order valence-electron chi connectivity index (χ3n) is 3.71. The topological polar surface area (TPSA) is 44.8 Å². The fourth-order valence-electron chi connectivity index (χ4n) is 2.73. The third kappa shape index (κ3) is 5.59. The van der Waals surface area contributed by atoms with Crippen molar-refractivity contribution >= 4 is 42.9 Å². The van der Waals surface area contributed by atoms with Crippen LogP contribution in [0.3, 0.4) is 0 Å². The first kappa shape index (κ1) is 23.4. The van der Waals surface area contributed by atoms with Crippen LogP contribution in [0.2, 0.25) is 0 Å². The number of methoxy groups -OCH3 is 1. The summed E-state index contributed by atoms with van der Waals surface area (Å²) in [5.74, 6) is 0. The molecule has 1 aromatic rings. The molecule has 2 rings (SSSR count). The molecule has 152 valence electrons. The van der Waals surface area contributed by atoms with Gasteiger partial charge in [-0.25, -0.2) is 0 Å². The van der Waals surface area contributed by atoms with Crippen LogP contribution in [0, 0.1) is 0 Å². The van der Waals surface area contributed by atoms with Gasteiger partial charge in [0.15, 0.2) is 3.82 Å². The minimum absolute atomic E-state index is 0.0751. The molecule has 0 unspecified atom stereocenters. The van der Waals surface area contributed by atoms with Crippen molar-refractivity contribution in [3.63, 3.8) is 0 Å². The zero-order valence-electron chi connectivity index (χ0n) is 16.7. The highest BCUT2D eigenvalue weighted by Gasteiger charge is 2.59. The fraction of sp³-hybridized carbons (Fsp3) is 0.579. The van der Waals surface area contributed by atoms with E-state index in [2.05, 4.69) is 18.2 Å². The van der Waals surface area contributed by atoms with E-state index in [1.807, 2.05) is 58.2 Å². The van der Waals surface area contributed by atoms with Gasteiger partial charge >= 0.3 is 7.60 Å². The van der Waals surface area contributed by atoms with E-state index < -0.39 is 11.4 Å². The van der Waals surface area contributed by atoms with E-state index in [-0.39, 0.29) is 22.9 Å². The molecule has 0 fully saturated rings. The average molecular weight is 449 g/mol. The Morgan fingerprint density at radius 1 is 1.07 bits per heavy atom. The highest BCUT2D eigenvalue weighted by Crippen LogP contribution is 2.74. The van der Waals surface area contributed by atoms with E-state index >= 15 is 0 Å². The average Bonchev–Trinajstić information content (AvgIpc) is 2.60. The molecule has 3 atom stereocenters. The van der Waals surface area contributed by atoms with Gasteiger partial charge in [0, 0.05) is 12.0 Å². The van der Waals surface area contributed by atoms with Crippen LogP contribution in [0.25, 0.3) is 0 Å². The summed E-state index contributed by atoms with van der Waals surface area (Å²) in [6.45, 7) is 7.52. The predicted octanol–water partition coefficient (Wildman–Crippen LogP) is 6.48. The van der Waals surface area contributed by atoms with Crippen LogP contribution < -0.4 is 0 Å². The van der Waals surface area contributed by atoms with Crippen LogP contribution in [0.4, 0.5) is 0 Å². The van der Waals surface area contributed by atoms with Crippen LogP contribution in [0.1, 0.15) is 27.7 Å². The first-order chi connectivity index (χ1) is 12.8. The van der Waals surface area contributed by atoms with Gasteiger partial charge in [-0.3, -0.25) is 4.57 Å². The molecule has 1 aliphatic rings. The molecule has 1 heterocycles. The Hall–Kier alpha value is 0.120. The van der Waals surface area contributed by atoms with E-state index in [4.69, 9.17) is 13.8 Å². The van der Waals surface area contributed by atoms with Crippen LogP contribution in [0.5, 0.6) is 0 Å². The van der Waals surface area contributed by atoms with Gasteiger partial charge in [0.25, 0.3) is 0 Å². The fourth-order valence-corrected chi connectivity index (χ4v) is 11.0. The summed E-state index contributed by atoms with van der Waals surface area (Å²) in [7, 11) is -1.88. The number of ether oxygens (including phenoxy) is 1.